The Bertz CT molecular complexity index is 457. The molecule has 4 nitrogen and oxygen atoms in total. The SMILES string of the molecule is CC1CCC(NCc2cc(F)cc([N+](=O)[O-])c2)CC1. The van der Waals surface area contributed by atoms with E-state index in [0.29, 0.717) is 18.2 Å². The van der Waals surface area contributed by atoms with Crippen molar-refractivity contribution >= 4 is 5.69 Å². The van der Waals surface area contributed by atoms with Crippen LogP contribution in [-0.4, -0.2) is 11.0 Å². The lowest BCUT2D eigenvalue weighted by Crippen LogP contribution is -2.32. The first-order valence-corrected chi connectivity index (χ1v) is 6.72. The smallest absolute Gasteiger partial charge is 0.272 e. The van der Waals surface area contributed by atoms with Crippen LogP contribution in [0.2, 0.25) is 0 Å². The highest BCUT2D eigenvalue weighted by Gasteiger charge is 2.18. The lowest BCUT2D eigenvalue weighted by atomic mass is 9.87. The van der Waals surface area contributed by atoms with Gasteiger partial charge in [-0.15, -0.1) is 0 Å². The van der Waals surface area contributed by atoms with Crippen molar-refractivity contribution in [2.75, 3.05) is 0 Å². The van der Waals surface area contributed by atoms with E-state index in [1.807, 2.05) is 0 Å². The molecule has 2 rings (SSSR count). The molecule has 0 aliphatic heterocycles. The number of nitrogens with one attached hydrogen (secondary N) is 1. The summed E-state index contributed by atoms with van der Waals surface area (Å²) in [7, 11) is 0. The molecule has 0 atom stereocenters. The molecule has 0 unspecified atom stereocenters. The summed E-state index contributed by atoms with van der Waals surface area (Å²) >= 11 is 0. The predicted molar refractivity (Wildman–Crippen MR) is 71.3 cm³/mol. The van der Waals surface area contributed by atoms with E-state index in [-0.39, 0.29) is 5.69 Å². The Hall–Kier alpha value is -1.49. The maximum absolute atomic E-state index is 13.3. The summed E-state index contributed by atoms with van der Waals surface area (Å²) in [5, 5.41) is 14.0. The molecular weight excluding hydrogens is 247 g/mol. The second-order valence-electron chi connectivity index (χ2n) is 5.41. The fraction of sp³-hybridized carbons (Fsp3) is 0.571. The van der Waals surface area contributed by atoms with Crippen LogP contribution >= 0.6 is 0 Å². The molecule has 1 aliphatic rings. The van der Waals surface area contributed by atoms with Crippen LogP contribution in [0.3, 0.4) is 0 Å². The van der Waals surface area contributed by atoms with Gasteiger partial charge < -0.3 is 5.32 Å². The topological polar surface area (TPSA) is 55.2 Å². The quantitative estimate of drug-likeness (QED) is 0.671. The maximum atomic E-state index is 13.3. The summed E-state index contributed by atoms with van der Waals surface area (Å²) in [6.45, 7) is 2.74. The monoisotopic (exact) mass is 266 g/mol. The Morgan fingerprint density at radius 2 is 2.00 bits per heavy atom. The fourth-order valence-electron chi connectivity index (χ4n) is 2.57. The molecule has 1 fully saturated rings. The van der Waals surface area contributed by atoms with E-state index in [1.54, 1.807) is 0 Å². The zero-order chi connectivity index (χ0) is 13.8. The van der Waals surface area contributed by atoms with Crippen molar-refractivity contribution in [1.29, 1.82) is 0 Å². The molecule has 0 amide bonds. The maximum Gasteiger partial charge on any atom is 0.272 e. The largest absolute Gasteiger partial charge is 0.310 e. The first kappa shape index (κ1) is 13.9. The number of nitro benzene ring substituents is 1. The summed E-state index contributed by atoms with van der Waals surface area (Å²) < 4.78 is 13.3. The third-order valence-corrected chi connectivity index (χ3v) is 3.76. The number of benzene rings is 1. The number of non-ortho nitro benzene ring substituents is 1. The van der Waals surface area contributed by atoms with Gasteiger partial charge in [0.25, 0.3) is 5.69 Å². The second-order valence-corrected chi connectivity index (χ2v) is 5.41. The van der Waals surface area contributed by atoms with Gasteiger partial charge in [0.1, 0.15) is 5.82 Å². The van der Waals surface area contributed by atoms with Crippen molar-refractivity contribution < 1.29 is 9.31 Å². The van der Waals surface area contributed by atoms with Gasteiger partial charge in [0, 0.05) is 18.7 Å². The van der Waals surface area contributed by atoms with Crippen LogP contribution in [0.25, 0.3) is 0 Å². The van der Waals surface area contributed by atoms with Gasteiger partial charge in [0.2, 0.25) is 0 Å². The van der Waals surface area contributed by atoms with Crippen LogP contribution in [0.15, 0.2) is 18.2 Å². The standard InChI is InChI=1S/C14H19FN2O2/c1-10-2-4-13(5-3-10)16-9-11-6-12(15)8-14(7-11)17(18)19/h6-8,10,13,16H,2-5,9H2,1H3. The Kier molecular flexibility index (Phi) is 4.47. The summed E-state index contributed by atoms with van der Waals surface area (Å²) in [5.74, 6) is 0.233. The zero-order valence-corrected chi connectivity index (χ0v) is 11.1. The number of hydrogen-bond acceptors (Lipinski definition) is 3. The Morgan fingerprint density at radius 1 is 1.32 bits per heavy atom. The van der Waals surface area contributed by atoms with Gasteiger partial charge in [-0.1, -0.05) is 6.92 Å². The van der Waals surface area contributed by atoms with Gasteiger partial charge in [-0.05, 0) is 43.2 Å². The van der Waals surface area contributed by atoms with Crippen molar-refractivity contribution in [2.24, 2.45) is 5.92 Å². The second kappa shape index (κ2) is 6.10. The number of rotatable bonds is 4. The molecule has 1 aromatic carbocycles. The molecule has 5 heteroatoms. The minimum atomic E-state index is -0.561. The number of nitro groups is 1. The number of hydrogen-bond donors (Lipinski definition) is 1. The van der Waals surface area contributed by atoms with Gasteiger partial charge in [-0.3, -0.25) is 10.1 Å². The highest BCUT2D eigenvalue weighted by Crippen LogP contribution is 2.24. The van der Waals surface area contributed by atoms with Crippen molar-refractivity contribution in [3.63, 3.8) is 0 Å². The molecule has 0 saturated heterocycles. The van der Waals surface area contributed by atoms with Crippen molar-refractivity contribution in [2.45, 2.75) is 45.2 Å². The van der Waals surface area contributed by atoms with Crippen LogP contribution in [0.4, 0.5) is 10.1 Å². The third-order valence-electron chi connectivity index (χ3n) is 3.76. The van der Waals surface area contributed by atoms with Crippen LogP contribution < -0.4 is 5.32 Å². The average Bonchev–Trinajstić information content (AvgIpc) is 2.37. The lowest BCUT2D eigenvalue weighted by Gasteiger charge is -2.27. The fourth-order valence-corrected chi connectivity index (χ4v) is 2.57. The van der Waals surface area contributed by atoms with E-state index in [2.05, 4.69) is 12.2 Å². The first-order chi connectivity index (χ1) is 9.04. The summed E-state index contributed by atoms with van der Waals surface area (Å²) in [6, 6.07) is 4.18. The van der Waals surface area contributed by atoms with Gasteiger partial charge in [-0.25, -0.2) is 4.39 Å². The summed E-state index contributed by atoms with van der Waals surface area (Å²) in [6.07, 6.45) is 4.67. The van der Waals surface area contributed by atoms with Crippen LogP contribution in [0.1, 0.15) is 38.2 Å². The molecule has 1 aliphatic carbocycles. The van der Waals surface area contributed by atoms with E-state index in [1.165, 1.54) is 25.0 Å². The van der Waals surface area contributed by atoms with Crippen LogP contribution in [0.5, 0.6) is 0 Å². The minimum Gasteiger partial charge on any atom is -0.310 e. The van der Waals surface area contributed by atoms with Gasteiger partial charge in [0.05, 0.1) is 11.0 Å². The Labute approximate surface area is 112 Å². The van der Waals surface area contributed by atoms with Crippen molar-refractivity contribution in [1.82, 2.24) is 5.32 Å². The molecule has 0 aromatic heterocycles. The molecule has 104 valence electrons. The predicted octanol–water partition coefficient (Wildman–Crippen LogP) is 3.40. The van der Waals surface area contributed by atoms with Gasteiger partial charge in [-0.2, -0.15) is 0 Å². The third kappa shape index (κ3) is 3.99. The molecule has 0 spiro atoms. The summed E-state index contributed by atoms with van der Waals surface area (Å²) in [4.78, 5) is 10.1. The van der Waals surface area contributed by atoms with Crippen LogP contribution in [0, 0.1) is 21.8 Å². The first-order valence-electron chi connectivity index (χ1n) is 6.72. The normalized spacial score (nSPS) is 23.3. The molecule has 1 aromatic rings. The van der Waals surface area contributed by atoms with Gasteiger partial charge in [0.15, 0.2) is 0 Å². The minimum absolute atomic E-state index is 0.186. The molecule has 0 radical (unpaired) electrons. The van der Waals surface area contributed by atoms with E-state index < -0.39 is 10.7 Å². The van der Waals surface area contributed by atoms with Crippen molar-refractivity contribution in [3.8, 4) is 0 Å². The molecule has 1 saturated carbocycles. The Balaban J connectivity index is 1.94. The highest BCUT2D eigenvalue weighted by atomic mass is 19.1. The number of halogens is 1. The highest BCUT2D eigenvalue weighted by molar-refractivity contribution is 5.35. The van der Waals surface area contributed by atoms with Gasteiger partial charge >= 0.3 is 0 Å². The molecule has 1 N–H and O–H groups in total. The molecule has 19 heavy (non-hydrogen) atoms. The Morgan fingerprint density at radius 3 is 2.63 bits per heavy atom. The van der Waals surface area contributed by atoms with E-state index in [4.69, 9.17) is 0 Å². The lowest BCUT2D eigenvalue weighted by molar-refractivity contribution is -0.385. The molecular formula is C14H19FN2O2. The van der Waals surface area contributed by atoms with E-state index in [9.17, 15) is 14.5 Å². The van der Waals surface area contributed by atoms with E-state index >= 15 is 0 Å². The number of nitrogens with zero attached hydrogens (tertiary/aromatic N) is 1. The molecule has 0 heterocycles. The zero-order valence-electron chi connectivity index (χ0n) is 11.1. The average molecular weight is 266 g/mol. The van der Waals surface area contributed by atoms with E-state index in [0.717, 1.165) is 24.8 Å². The summed E-state index contributed by atoms with van der Waals surface area (Å²) in [5.41, 5.74) is 0.444. The molecule has 0 bridgehead atoms. The van der Waals surface area contributed by atoms with Crippen molar-refractivity contribution in [3.05, 3.63) is 39.7 Å². The van der Waals surface area contributed by atoms with Crippen LogP contribution in [-0.2, 0) is 6.54 Å².